The van der Waals surface area contributed by atoms with Crippen LogP contribution < -0.4 is 0 Å². The van der Waals surface area contributed by atoms with E-state index in [4.69, 9.17) is 0 Å². The van der Waals surface area contributed by atoms with E-state index in [1.165, 1.54) is 12.1 Å². The van der Waals surface area contributed by atoms with Crippen molar-refractivity contribution in [1.29, 1.82) is 0 Å². The molecule has 1 aromatic carbocycles. The van der Waals surface area contributed by atoms with E-state index in [2.05, 4.69) is 25.9 Å². The lowest BCUT2D eigenvalue weighted by molar-refractivity contribution is -0.384. The van der Waals surface area contributed by atoms with Crippen LogP contribution in [-0.4, -0.2) is 14.9 Å². The summed E-state index contributed by atoms with van der Waals surface area (Å²) in [5, 5.41) is 10.6. The molecule has 0 radical (unpaired) electrons. The van der Waals surface area contributed by atoms with Crippen LogP contribution in [-0.2, 0) is 0 Å². The number of nitrogens with zero attached hydrogens (tertiary/aromatic N) is 2. The fraction of sp³-hybridized carbons (Fsp3) is 0.100. The summed E-state index contributed by atoms with van der Waals surface area (Å²) in [5.74, 6) is 0.694. The van der Waals surface area contributed by atoms with Gasteiger partial charge in [-0.3, -0.25) is 10.1 Å². The quantitative estimate of drug-likeness (QED) is 0.679. The molecule has 0 atom stereocenters. The number of imidazole rings is 1. The Bertz CT molecular complexity index is 551. The molecular formula is C10H8BrN3O2. The summed E-state index contributed by atoms with van der Waals surface area (Å²) in [6, 6.07) is 4.59. The van der Waals surface area contributed by atoms with Gasteiger partial charge in [0.15, 0.2) is 0 Å². The molecule has 0 spiro atoms. The third-order valence-electron chi connectivity index (χ3n) is 2.12. The lowest BCUT2D eigenvalue weighted by Crippen LogP contribution is -1.89. The van der Waals surface area contributed by atoms with Gasteiger partial charge in [0.05, 0.1) is 4.92 Å². The number of hydrogen-bond donors (Lipinski definition) is 1. The molecule has 0 amide bonds. The number of nitro benzene ring substituents is 1. The van der Waals surface area contributed by atoms with E-state index in [9.17, 15) is 10.1 Å². The summed E-state index contributed by atoms with van der Waals surface area (Å²) < 4.78 is 0.649. The van der Waals surface area contributed by atoms with Gasteiger partial charge in [0.2, 0.25) is 0 Å². The number of aryl methyl sites for hydroxylation is 1. The lowest BCUT2D eigenvalue weighted by atomic mass is 10.2. The summed E-state index contributed by atoms with van der Waals surface area (Å²) in [7, 11) is 0. The van der Waals surface area contributed by atoms with Crippen LogP contribution in [0.3, 0.4) is 0 Å². The second kappa shape index (κ2) is 4.05. The van der Waals surface area contributed by atoms with Gasteiger partial charge >= 0.3 is 0 Å². The molecular weight excluding hydrogens is 274 g/mol. The van der Waals surface area contributed by atoms with Crippen LogP contribution in [0.25, 0.3) is 11.4 Å². The van der Waals surface area contributed by atoms with E-state index >= 15 is 0 Å². The van der Waals surface area contributed by atoms with Gasteiger partial charge < -0.3 is 4.98 Å². The van der Waals surface area contributed by atoms with Crippen molar-refractivity contribution < 1.29 is 4.92 Å². The second-order valence-electron chi connectivity index (χ2n) is 3.34. The van der Waals surface area contributed by atoms with Gasteiger partial charge in [0, 0.05) is 34.1 Å². The normalized spacial score (nSPS) is 10.4. The minimum atomic E-state index is -0.429. The monoisotopic (exact) mass is 281 g/mol. The molecule has 2 rings (SSSR count). The first-order valence-electron chi connectivity index (χ1n) is 4.54. The van der Waals surface area contributed by atoms with E-state index in [-0.39, 0.29) is 5.69 Å². The highest BCUT2D eigenvalue weighted by Gasteiger charge is 2.11. The molecule has 0 aliphatic rings. The molecule has 1 N–H and O–H groups in total. The number of aromatic nitrogens is 2. The molecule has 1 heterocycles. The van der Waals surface area contributed by atoms with E-state index in [1.54, 1.807) is 12.3 Å². The summed E-state index contributed by atoms with van der Waals surface area (Å²) in [6.45, 7) is 1.90. The van der Waals surface area contributed by atoms with Gasteiger partial charge in [0.25, 0.3) is 5.69 Å². The third-order valence-corrected chi connectivity index (χ3v) is 2.78. The number of rotatable bonds is 2. The van der Waals surface area contributed by atoms with Crippen molar-refractivity contribution in [1.82, 2.24) is 9.97 Å². The molecule has 1 aromatic heterocycles. The van der Waals surface area contributed by atoms with Crippen LogP contribution in [0.5, 0.6) is 0 Å². The molecule has 0 bridgehead atoms. The van der Waals surface area contributed by atoms with Crippen molar-refractivity contribution >= 4 is 21.6 Å². The van der Waals surface area contributed by atoms with Gasteiger partial charge in [-0.15, -0.1) is 0 Å². The summed E-state index contributed by atoms with van der Waals surface area (Å²) in [5.41, 5.74) is 1.80. The van der Waals surface area contributed by atoms with Crippen LogP contribution in [0.4, 0.5) is 5.69 Å². The second-order valence-corrected chi connectivity index (χ2v) is 4.19. The molecule has 16 heavy (non-hydrogen) atoms. The number of non-ortho nitro benzene ring substituents is 1. The standard InChI is InChI=1S/C10H8BrN3O2/c1-6-5-12-10(13-6)8-3-2-7(14(15)16)4-9(8)11/h2-5H,1H3,(H,12,13). The van der Waals surface area contributed by atoms with Gasteiger partial charge in [0.1, 0.15) is 5.82 Å². The Morgan fingerprint density at radius 2 is 2.25 bits per heavy atom. The fourth-order valence-electron chi connectivity index (χ4n) is 1.36. The van der Waals surface area contributed by atoms with Gasteiger partial charge in [-0.2, -0.15) is 0 Å². The van der Waals surface area contributed by atoms with Gasteiger partial charge in [-0.05, 0) is 28.9 Å². The molecule has 0 unspecified atom stereocenters. The highest BCUT2D eigenvalue weighted by Crippen LogP contribution is 2.29. The van der Waals surface area contributed by atoms with Gasteiger partial charge in [-0.25, -0.2) is 4.98 Å². The molecule has 6 heteroatoms. The summed E-state index contributed by atoms with van der Waals surface area (Å²) in [6.07, 6.45) is 1.71. The highest BCUT2D eigenvalue weighted by atomic mass is 79.9. The predicted octanol–water partition coefficient (Wildman–Crippen LogP) is 3.06. The maximum absolute atomic E-state index is 10.6. The zero-order valence-electron chi connectivity index (χ0n) is 8.40. The van der Waals surface area contributed by atoms with Crippen molar-refractivity contribution in [2.75, 3.05) is 0 Å². The highest BCUT2D eigenvalue weighted by molar-refractivity contribution is 9.10. The van der Waals surface area contributed by atoms with E-state index in [1.807, 2.05) is 6.92 Å². The van der Waals surface area contributed by atoms with Crippen LogP contribution in [0, 0.1) is 17.0 Å². The molecule has 5 nitrogen and oxygen atoms in total. The predicted molar refractivity (Wildman–Crippen MR) is 63.1 cm³/mol. The van der Waals surface area contributed by atoms with Crippen LogP contribution in [0.15, 0.2) is 28.9 Å². The largest absolute Gasteiger partial charge is 0.342 e. The Morgan fingerprint density at radius 1 is 1.50 bits per heavy atom. The van der Waals surface area contributed by atoms with Crippen LogP contribution in [0.2, 0.25) is 0 Å². The summed E-state index contributed by atoms with van der Waals surface area (Å²) in [4.78, 5) is 17.4. The first-order chi connectivity index (χ1) is 7.58. The maximum Gasteiger partial charge on any atom is 0.270 e. The van der Waals surface area contributed by atoms with Gasteiger partial charge in [-0.1, -0.05) is 0 Å². The lowest BCUT2D eigenvalue weighted by Gasteiger charge is -2.00. The van der Waals surface area contributed by atoms with Crippen molar-refractivity contribution in [2.24, 2.45) is 0 Å². The first kappa shape index (κ1) is 10.8. The van der Waals surface area contributed by atoms with Crippen molar-refractivity contribution in [2.45, 2.75) is 6.92 Å². The minimum absolute atomic E-state index is 0.0545. The van der Waals surface area contributed by atoms with E-state index in [0.29, 0.717) is 10.3 Å². The van der Waals surface area contributed by atoms with Crippen molar-refractivity contribution in [3.8, 4) is 11.4 Å². The maximum atomic E-state index is 10.6. The fourth-order valence-corrected chi connectivity index (χ4v) is 1.91. The Balaban J connectivity index is 2.47. The average Bonchev–Trinajstić information content (AvgIpc) is 2.64. The van der Waals surface area contributed by atoms with Crippen molar-refractivity contribution in [3.05, 3.63) is 44.7 Å². The minimum Gasteiger partial charge on any atom is -0.342 e. The van der Waals surface area contributed by atoms with E-state index < -0.39 is 4.92 Å². The molecule has 2 aromatic rings. The summed E-state index contributed by atoms with van der Waals surface area (Å²) >= 11 is 3.30. The van der Waals surface area contributed by atoms with Crippen molar-refractivity contribution in [3.63, 3.8) is 0 Å². The topological polar surface area (TPSA) is 71.8 Å². The number of halogens is 1. The molecule has 0 aliphatic heterocycles. The number of hydrogen-bond acceptors (Lipinski definition) is 3. The average molecular weight is 282 g/mol. The molecule has 0 aliphatic carbocycles. The molecule has 82 valence electrons. The van der Waals surface area contributed by atoms with Crippen LogP contribution >= 0.6 is 15.9 Å². The van der Waals surface area contributed by atoms with Crippen LogP contribution in [0.1, 0.15) is 5.69 Å². The Labute approximate surface area is 99.8 Å². The Hall–Kier alpha value is -1.69. The third kappa shape index (κ3) is 1.96. The SMILES string of the molecule is Cc1cnc(-c2ccc([N+](=O)[O-])cc2Br)[nH]1. The smallest absolute Gasteiger partial charge is 0.270 e. The molecule has 0 fully saturated rings. The first-order valence-corrected chi connectivity index (χ1v) is 5.33. The number of H-pyrrole nitrogens is 1. The van der Waals surface area contributed by atoms with E-state index in [0.717, 1.165) is 11.3 Å². The number of nitro groups is 1. The number of benzene rings is 1. The number of aromatic amines is 1. The molecule has 0 saturated heterocycles. The zero-order valence-corrected chi connectivity index (χ0v) is 9.98. The Morgan fingerprint density at radius 3 is 2.75 bits per heavy atom. The zero-order chi connectivity index (χ0) is 11.7. The number of nitrogens with one attached hydrogen (secondary N) is 1. The molecule has 0 saturated carbocycles. The Kier molecular flexibility index (Phi) is 2.74.